The SMILES string of the molecule is CNC(C)c1cccc(N2CCS(=O)(=O)CC2)c1. The fourth-order valence-corrected chi connectivity index (χ4v) is 3.33. The molecule has 1 aliphatic heterocycles. The lowest BCUT2D eigenvalue weighted by molar-refractivity contribution is 0.586. The molecule has 0 spiro atoms. The van der Waals surface area contributed by atoms with Crippen molar-refractivity contribution in [2.45, 2.75) is 13.0 Å². The van der Waals surface area contributed by atoms with Crippen LogP contribution in [0.25, 0.3) is 0 Å². The molecule has 0 bridgehead atoms. The number of nitrogens with one attached hydrogen (secondary N) is 1. The van der Waals surface area contributed by atoms with Gasteiger partial charge in [0.25, 0.3) is 0 Å². The lowest BCUT2D eigenvalue weighted by atomic mass is 10.1. The molecule has 100 valence electrons. The summed E-state index contributed by atoms with van der Waals surface area (Å²) in [5, 5.41) is 3.21. The van der Waals surface area contributed by atoms with E-state index in [0.717, 1.165) is 5.69 Å². The quantitative estimate of drug-likeness (QED) is 0.895. The molecule has 4 nitrogen and oxygen atoms in total. The topological polar surface area (TPSA) is 49.4 Å². The molecule has 0 saturated carbocycles. The van der Waals surface area contributed by atoms with Gasteiger partial charge in [-0.2, -0.15) is 0 Å². The zero-order valence-corrected chi connectivity index (χ0v) is 11.7. The molecular weight excluding hydrogens is 248 g/mol. The van der Waals surface area contributed by atoms with E-state index in [1.54, 1.807) is 0 Å². The third-order valence-electron chi connectivity index (χ3n) is 3.51. The van der Waals surface area contributed by atoms with Crippen molar-refractivity contribution < 1.29 is 8.42 Å². The van der Waals surface area contributed by atoms with Gasteiger partial charge >= 0.3 is 0 Å². The van der Waals surface area contributed by atoms with Gasteiger partial charge in [-0.25, -0.2) is 8.42 Å². The maximum atomic E-state index is 11.4. The fourth-order valence-electron chi connectivity index (χ4n) is 2.13. The van der Waals surface area contributed by atoms with Crippen molar-refractivity contribution in [3.05, 3.63) is 29.8 Å². The first-order valence-electron chi connectivity index (χ1n) is 6.24. The van der Waals surface area contributed by atoms with Gasteiger partial charge in [0, 0.05) is 24.8 Å². The molecule has 1 aromatic carbocycles. The average Bonchev–Trinajstić information content (AvgIpc) is 2.38. The molecule has 1 fully saturated rings. The van der Waals surface area contributed by atoms with Gasteiger partial charge in [-0.05, 0) is 31.7 Å². The summed E-state index contributed by atoms with van der Waals surface area (Å²) in [4.78, 5) is 2.15. The molecule has 1 atom stereocenters. The lowest BCUT2D eigenvalue weighted by Gasteiger charge is -2.29. The van der Waals surface area contributed by atoms with Gasteiger partial charge in [0.1, 0.15) is 0 Å². The van der Waals surface area contributed by atoms with Crippen molar-refractivity contribution >= 4 is 15.5 Å². The highest BCUT2D eigenvalue weighted by Gasteiger charge is 2.21. The Balaban J connectivity index is 2.14. The van der Waals surface area contributed by atoms with E-state index in [-0.39, 0.29) is 11.5 Å². The maximum absolute atomic E-state index is 11.4. The number of rotatable bonds is 3. The second-order valence-corrected chi connectivity index (χ2v) is 7.05. The third-order valence-corrected chi connectivity index (χ3v) is 5.12. The van der Waals surface area contributed by atoms with E-state index in [1.165, 1.54) is 5.56 Å². The Labute approximate surface area is 109 Å². The molecule has 1 unspecified atom stereocenters. The number of benzene rings is 1. The van der Waals surface area contributed by atoms with Crippen LogP contribution in [0.1, 0.15) is 18.5 Å². The Morgan fingerprint density at radius 2 is 1.94 bits per heavy atom. The van der Waals surface area contributed by atoms with Crippen LogP contribution in [0.2, 0.25) is 0 Å². The average molecular weight is 268 g/mol. The molecule has 0 aromatic heterocycles. The van der Waals surface area contributed by atoms with Gasteiger partial charge in [0.05, 0.1) is 11.5 Å². The highest BCUT2D eigenvalue weighted by Crippen LogP contribution is 2.22. The molecule has 1 aromatic rings. The molecule has 1 aliphatic rings. The number of nitrogens with zero attached hydrogens (tertiary/aromatic N) is 1. The third kappa shape index (κ3) is 3.03. The minimum Gasteiger partial charge on any atom is -0.369 e. The Kier molecular flexibility index (Phi) is 3.92. The van der Waals surface area contributed by atoms with Crippen LogP contribution in [0, 0.1) is 0 Å². The fraction of sp³-hybridized carbons (Fsp3) is 0.538. The van der Waals surface area contributed by atoms with Gasteiger partial charge in [-0.3, -0.25) is 0 Å². The van der Waals surface area contributed by atoms with Gasteiger partial charge in [-0.15, -0.1) is 0 Å². The molecule has 5 heteroatoms. The predicted octanol–water partition coefficient (Wildman–Crippen LogP) is 1.20. The van der Waals surface area contributed by atoms with E-state index < -0.39 is 9.84 Å². The van der Waals surface area contributed by atoms with Crippen molar-refractivity contribution in [2.75, 3.05) is 36.5 Å². The van der Waals surface area contributed by atoms with Crippen LogP contribution in [0.4, 0.5) is 5.69 Å². The van der Waals surface area contributed by atoms with E-state index in [0.29, 0.717) is 19.1 Å². The summed E-state index contributed by atoms with van der Waals surface area (Å²) in [5.74, 6) is 0.525. The molecule has 18 heavy (non-hydrogen) atoms. The van der Waals surface area contributed by atoms with Gasteiger partial charge in [0.15, 0.2) is 9.84 Å². The first-order chi connectivity index (χ1) is 8.52. The Bertz CT molecular complexity index is 499. The second kappa shape index (κ2) is 5.28. The Morgan fingerprint density at radius 3 is 2.56 bits per heavy atom. The molecular formula is C13H20N2O2S. The zero-order chi connectivity index (χ0) is 13.2. The molecule has 1 saturated heterocycles. The van der Waals surface area contributed by atoms with Gasteiger partial charge in [0.2, 0.25) is 0 Å². The summed E-state index contributed by atoms with van der Waals surface area (Å²) < 4.78 is 22.8. The summed E-state index contributed by atoms with van der Waals surface area (Å²) in [6, 6.07) is 8.61. The highest BCUT2D eigenvalue weighted by molar-refractivity contribution is 7.91. The first-order valence-corrected chi connectivity index (χ1v) is 8.06. The van der Waals surface area contributed by atoms with E-state index in [4.69, 9.17) is 0 Å². The molecule has 1 heterocycles. The maximum Gasteiger partial charge on any atom is 0.153 e. The van der Waals surface area contributed by atoms with Crippen LogP contribution >= 0.6 is 0 Å². The Hall–Kier alpha value is -1.07. The van der Waals surface area contributed by atoms with Crippen LogP contribution in [0.15, 0.2) is 24.3 Å². The van der Waals surface area contributed by atoms with E-state index in [1.807, 2.05) is 19.2 Å². The summed E-state index contributed by atoms with van der Waals surface area (Å²) in [6.45, 7) is 3.30. The van der Waals surface area contributed by atoms with Gasteiger partial charge in [-0.1, -0.05) is 12.1 Å². The van der Waals surface area contributed by atoms with Crippen molar-refractivity contribution in [2.24, 2.45) is 0 Å². The van der Waals surface area contributed by atoms with Crippen molar-refractivity contribution in [1.82, 2.24) is 5.32 Å². The largest absolute Gasteiger partial charge is 0.369 e. The normalized spacial score (nSPS) is 20.7. The number of sulfone groups is 1. The summed E-state index contributed by atoms with van der Waals surface area (Å²) in [6.07, 6.45) is 0. The van der Waals surface area contributed by atoms with Crippen molar-refractivity contribution in [1.29, 1.82) is 0 Å². The van der Waals surface area contributed by atoms with Crippen LogP contribution in [-0.4, -0.2) is 40.1 Å². The zero-order valence-electron chi connectivity index (χ0n) is 10.9. The second-order valence-electron chi connectivity index (χ2n) is 4.74. The first kappa shape index (κ1) is 13.4. The number of hydrogen-bond acceptors (Lipinski definition) is 4. The number of hydrogen-bond donors (Lipinski definition) is 1. The number of anilines is 1. The summed E-state index contributed by atoms with van der Waals surface area (Å²) in [7, 11) is -0.873. The molecule has 1 N–H and O–H groups in total. The minimum absolute atomic E-state index is 0.263. The van der Waals surface area contributed by atoms with Crippen LogP contribution in [0.3, 0.4) is 0 Å². The standard InChI is InChI=1S/C13H20N2O2S/c1-11(14-2)12-4-3-5-13(10-12)15-6-8-18(16,17)9-7-15/h3-5,10-11,14H,6-9H2,1-2H3. The van der Waals surface area contributed by atoms with Gasteiger partial charge < -0.3 is 10.2 Å². The lowest BCUT2D eigenvalue weighted by Crippen LogP contribution is -2.40. The summed E-state index contributed by atoms with van der Waals surface area (Å²) >= 11 is 0. The van der Waals surface area contributed by atoms with Crippen LogP contribution < -0.4 is 10.2 Å². The minimum atomic E-state index is -2.81. The molecule has 0 radical (unpaired) electrons. The van der Waals surface area contributed by atoms with Crippen LogP contribution in [0.5, 0.6) is 0 Å². The van der Waals surface area contributed by atoms with Crippen molar-refractivity contribution in [3.8, 4) is 0 Å². The molecule has 0 aliphatic carbocycles. The highest BCUT2D eigenvalue weighted by atomic mass is 32.2. The molecule has 2 rings (SSSR count). The Morgan fingerprint density at radius 1 is 1.28 bits per heavy atom. The van der Waals surface area contributed by atoms with Crippen molar-refractivity contribution in [3.63, 3.8) is 0 Å². The predicted molar refractivity (Wildman–Crippen MR) is 74.8 cm³/mol. The summed E-state index contributed by atoms with van der Waals surface area (Å²) in [5.41, 5.74) is 2.34. The van der Waals surface area contributed by atoms with E-state index >= 15 is 0 Å². The smallest absolute Gasteiger partial charge is 0.153 e. The van der Waals surface area contributed by atoms with E-state index in [9.17, 15) is 8.42 Å². The molecule has 0 amide bonds. The van der Waals surface area contributed by atoms with Crippen LogP contribution in [-0.2, 0) is 9.84 Å². The van der Waals surface area contributed by atoms with E-state index in [2.05, 4.69) is 29.3 Å². The monoisotopic (exact) mass is 268 g/mol.